The number of esters is 1. The Labute approximate surface area is 159 Å². The van der Waals surface area contributed by atoms with E-state index in [0.29, 0.717) is 11.1 Å². The van der Waals surface area contributed by atoms with Crippen molar-refractivity contribution in [3.63, 3.8) is 0 Å². The molecule has 0 aliphatic carbocycles. The standard InChI is InChI=1S/C19H15NO7S/c1-28(24,25)20-13-8-6-12(7-9-13)16(22)11-26-19(23)18-10-15(21)14-4-2-3-5-17(14)27-18/h2-10,20H,11H2,1H3. The molecule has 1 aromatic heterocycles. The van der Waals surface area contributed by atoms with Crippen LogP contribution in [-0.4, -0.2) is 33.0 Å². The lowest BCUT2D eigenvalue weighted by Crippen LogP contribution is -2.16. The lowest BCUT2D eigenvalue weighted by atomic mass is 10.1. The molecule has 2 aromatic carbocycles. The van der Waals surface area contributed by atoms with E-state index in [1.807, 2.05) is 0 Å². The van der Waals surface area contributed by atoms with Crippen LogP contribution in [0.1, 0.15) is 20.9 Å². The molecule has 0 radical (unpaired) electrons. The zero-order valence-electron chi connectivity index (χ0n) is 14.7. The Balaban J connectivity index is 1.67. The molecule has 0 fully saturated rings. The summed E-state index contributed by atoms with van der Waals surface area (Å²) < 4.78 is 34.9. The predicted molar refractivity (Wildman–Crippen MR) is 102 cm³/mol. The van der Waals surface area contributed by atoms with E-state index in [2.05, 4.69) is 4.72 Å². The van der Waals surface area contributed by atoms with Crippen LogP contribution in [0, 0.1) is 0 Å². The molecule has 0 amide bonds. The molecule has 0 atom stereocenters. The fourth-order valence-corrected chi connectivity index (χ4v) is 2.99. The first-order valence-electron chi connectivity index (χ1n) is 8.04. The van der Waals surface area contributed by atoms with Crippen molar-refractivity contribution in [1.82, 2.24) is 0 Å². The summed E-state index contributed by atoms with van der Waals surface area (Å²) in [7, 11) is -3.42. The van der Waals surface area contributed by atoms with E-state index < -0.39 is 33.8 Å². The van der Waals surface area contributed by atoms with Gasteiger partial charge < -0.3 is 9.15 Å². The van der Waals surface area contributed by atoms with Gasteiger partial charge in [-0.3, -0.25) is 14.3 Å². The second-order valence-corrected chi connectivity index (χ2v) is 7.67. The summed E-state index contributed by atoms with van der Waals surface area (Å²) in [5, 5.41) is 0.331. The van der Waals surface area contributed by atoms with Crippen LogP contribution in [0.3, 0.4) is 0 Å². The molecular formula is C19H15NO7S. The number of hydrogen-bond donors (Lipinski definition) is 1. The minimum atomic E-state index is -3.42. The van der Waals surface area contributed by atoms with Crippen molar-refractivity contribution in [2.45, 2.75) is 0 Å². The number of Topliss-reactive ketones (excluding diaryl/α,β-unsaturated/α-hetero) is 1. The van der Waals surface area contributed by atoms with Crippen molar-refractivity contribution in [2.24, 2.45) is 0 Å². The highest BCUT2D eigenvalue weighted by atomic mass is 32.2. The molecule has 0 saturated carbocycles. The van der Waals surface area contributed by atoms with E-state index in [4.69, 9.17) is 9.15 Å². The maximum absolute atomic E-state index is 12.1. The van der Waals surface area contributed by atoms with Crippen LogP contribution in [0.15, 0.2) is 63.8 Å². The Morgan fingerprint density at radius 2 is 1.75 bits per heavy atom. The van der Waals surface area contributed by atoms with Crippen LogP contribution in [0.2, 0.25) is 0 Å². The third-order valence-corrected chi connectivity index (χ3v) is 4.29. The number of carbonyl (C=O) groups excluding carboxylic acids is 2. The third-order valence-electron chi connectivity index (χ3n) is 3.68. The van der Waals surface area contributed by atoms with Gasteiger partial charge in [-0.2, -0.15) is 0 Å². The molecule has 0 saturated heterocycles. The normalized spacial score (nSPS) is 11.2. The van der Waals surface area contributed by atoms with Crippen LogP contribution in [0.5, 0.6) is 0 Å². The monoisotopic (exact) mass is 401 g/mol. The Morgan fingerprint density at radius 1 is 1.07 bits per heavy atom. The van der Waals surface area contributed by atoms with Crippen molar-refractivity contribution < 1.29 is 27.2 Å². The molecule has 8 nitrogen and oxygen atoms in total. The van der Waals surface area contributed by atoms with Crippen LogP contribution >= 0.6 is 0 Å². The predicted octanol–water partition coefficient (Wildman–Crippen LogP) is 2.20. The second kappa shape index (κ2) is 7.65. The van der Waals surface area contributed by atoms with Crippen LogP contribution in [0.25, 0.3) is 11.0 Å². The molecule has 9 heteroatoms. The van der Waals surface area contributed by atoms with Crippen molar-refractivity contribution >= 4 is 38.4 Å². The topological polar surface area (TPSA) is 120 Å². The van der Waals surface area contributed by atoms with Gasteiger partial charge in [-0.05, 0) is 36.4 Å². The molecule has 0 aliphatic rings. The maximum atomic E-state index is 12.1. The summed E-state index contributed by atoms with van der Waals surface area (Å²) in [6.07, 6.45) is 1.01. The first kappa shape index (κ1) is 19.3. The summed E-state index contributed by atoms with van der Waals surface area (Å²) in [5.41, 5.74) is 0.372. The molecule has 28 heavy (non-hydrogen) atoms. The number of fused-ring (bicyclic) bond motifs is 1. The number of ether oxygens (including phenoxy) is 1. The summed E-state index contributed by atoms with van der Waals surface area (Å²) in [6, 6.07) is 13.1. The van der Waals surface area contributed by atoms with E-state index in [1.165, 1.54) is 24.3 Å². The minimum Gasteiger partial charge on any atom is -0.451 e. The zero-order chi connectivity index (χ0) is 20.3. The SMILES string of the molecule is CS(=O)(=O)Nc1ccc(C(=O)COC(=O)c2cc(=O)c3ccccc3o2)cc1. The van der Waals surface area contributed by atoms with Crippen molar-refractivity contribution in [1.29, 1.82) is 0 Å². The fraction of sp³-hybridized carbons (Fsp3) is 0.105. The molecule has 0 bridgehead atoms. The van der Waals surface area contributed by atoms with Gasteiger partial charge in [-0.15, -0.1) is 0 Å². The number of hydrogen-bond acceptors (Lipinski definition) is 7. The van der Waals surface area contributed by atoms with Crippen LogP contribution in [0.4, 0.5) is 5.69 Å². The molecular weight excluding hydrogens is 386 g/mol. The van der Waals surface area contributed by atoms with Gasteiger partial charge in [0.15, 0.2) is 17.8 Å². The maximum Gasteiger partial charge on any atom is 0.374 e. The molecule has 144 valence electrons. The average Bonchev–Trinajstić information content (AvgIpc) is 2.65. The van der Waals surface area contributed by atoms with Crippen molar-refractivity contribution in [3.05, 3.63) is 76.1 Å². The van der Waals surface area contributed by atoms with Crippen LogP contribution in [-0.2, 0) is 14.8 Å². The van der Waals surface area contributed by atoms with Crippen molar-refractivity contribution in [3.8, 4) is 0 Å². The quantitative estimate of drug-likeness (QED) is 0.497. The van der Waals surface area contributed by atoms with E-state index in [9.17, 15) is 22.8 Å². The lowest BCUT2D eigenvalue weighted by molar-refractivity contribution is 0.0444. The van der Waals surface area contributed by atoms with E-state index >= 15 is 0 Å². The number of benzene rings is 2. The molecule has 0 unspecified atom stereocenters. The van der Waals surface area contributed by atoms with Gasteiger partial charge in [-0.1, -0.05) is 12.1 Å². The number of sulfonamides is 1. The molecule has 1 N–H and O–H groups in total. The Hall–Kier alpha value is -3.46. The molecule has 0 spiro atoms. The van der Waals surface area contributed by atoms with Gasteiger partial charge in [0.2, 0.25) is 15.8 Å². The lowest BCUT2D eigenvalue weighted by Gasteiger charge is -2.06. The first-order valence-corrected chi connectivity index (χ1v) is 9.93. The average molecular weight is 401 g/mol. The highest BCUT2D eigenvalue weighted by Crippen LogP contribution is 2.14. The largest absolute Gasteiger partial charge is 0.451 e. The van der Waals surface area contributed by atoms with E-state index in [0.717, 1.165) is 12.3 Å². The third kappa shape index (κ3) is 4.63. The van der Waals surface area contributed by atoms with E-state index in [-0.39, 0.29) is 16.9 Å². The van der Waals surface area contributed by atoms with Gasteiger partial charge >= 0.3 is 5.97 Å². The number of ketones is 1. The highest BCUT2D eigenvalue weighted by molar-refractivity contribution is 7.92. The Kier molecular flexibility index (Phi) is 5.27. The summed E-state index contributed by atoms with van der Waals surface area (Å²) >= 11 is 0. The van der Waals surface area contributed by atoms with E-state index in [1.54, 1.807) is 24.3 Å². The molecule has 3 rings (SSSR count). The number of rotatable bonds is 6. The molecule has 0 aliphatic heterocycles. The molecule has 1 heterocycles. The van der Waals surface area contributed by atoms with Gasteiger partial charge in [-0.25, -0.2) is 13.2 Å². The zero-order valence-corrected chi connectivity index (χ0v) is 15.5. The Bertz CT molecular complexity index is 1210. The molecule has 3 aromatic rings. The number of carbonyl (C=O) groups is 2. The van der Waals surface area contributed by atoms with Gasteiger partial charge in [0.1, 0.15) is 5.58 Å². The van der Waals surface area contributed by atoms with Crippen molar-refractivity contribution in [2.75, 3.05) is 17.6 Å². The van der Waals surface area contributed by atoms with Gasteiger partial charge in [0.05, 0.1) is 11.6 Å². The number of para-hydroxylation sites is 1. The summed E-state index contributed by atoms with van der Waals surface area (Å²) in [6.45, 7) is -0.561. The smallest absolute Gasteiger partial charge is 0.374 e. The number of anilines is 1. The summed E-state index contributed by atoms with van der Waals surface area (Å²) in [4.78, 5) is 36.3. The van der Waals surface area contributed by atoms with Crippen LogP contribution < -0.4 is 10.2 Å². The summed E-state index contributed by atoms with van der Waals surface area (Å²) in [5.74, 6) is -1.74. The van der Waals surface area contributed by atoms with Gasteiger partial charge in [0.25, 0.3) is 0 Å². The first-order chi connectivity index (χ1) is 13.2. The second-order valence-electron chi connectivity index (χ2n) is 5.92. The Morgan fingerprint density at radius 3 is 2.43 bits per heavy atom. The number of nitrogens with one attached hydrogen (secondary N) is 1. The fourth-order valence-electron chi connectivity index (χ4n) is 2.43. The highest BCUT2D eigenvalue weighted by Gasteiger charge is 2.16. The van der Waals surface area contributed by atoms with Gasteiger partial charge in [0, 0.05) is 17.3 Å². The minimum absolute atomic E-state index is 0.229.